The van der Waals surface area contributed by atoms with Crippen molar-refractivity contribution in [3.05, 3.63) is 114 Å². The van der Waals surface area contributed by atoms with E-state index in [1.165, 1.54) is 7.11 Å². The van der Waals surface area contributed by atoms with E-state index in [2.05, 4.69) is 10.5 Å². The van der Waals surface area contributed by atoms with Crippen LogP contribution in [-0.4, -0.2) is 34.3 Å². The average Bonchev–Trinajstić information content (AvgIpc) is 3.65. The lowest BCUT2D eigenvalue weighted by atomic mass is 10.2. The maximum absolute atomic E-state index is 12.5. The van der Waals surface area contributed by atoms with Crippen LogP contribution < -0.4 is 5.43 Å². The SMILES string of the molecule is COC(=O)c1ccc(Cn2cc(/C=N/NC(=O)c3ccc(-n4cccc4)cc3)c3ccccc32)o1. The smallest absolute Gasteiger partial charge is 0.373 e. The predicted octanol–water partition coefficient (Wildman–Crippen LogP) is 4.62. The van der Waals surface area contributed by atoms with Crippen molar-refractivity contribution in [3.63, 3.8) is 0 Å². The standard InChI is InChI=1S/C27H22N4O4/c1-34-27(33)25-13-12-22(35-25)18-31-17-20(23-6-2-3-7-24(23)31)16-28-29-26(32)19-8-10-21(11-9-19)30-14-4-5-15-30/h2-17H,18H2,1H3,(H,29,32)/b28-16+. The molecular formula is C27H22N4O4. The van der Waals surface area contributed by atoms with Crippen molar-refractivity contribution >= 4 is 29.0 Å². The number of esters is 1. The second-order valence-corrected chi connectivity index (χ2v) is 7.82. The molecule has 0 fully saturated rings. The first-order valence-electron chi connectivity index (χ1n) is 10.9. The molecule has 0 unspecified atom stereocenters. The van der Waals surface area contributed by atoms with E-state index < -0.39 is 5.97 Å². The summed E-state index contributed by atoms with van der Waals surface area (Å²) >= 11 is 0. The van der Waals surface area contributed by atoms with Crippen molar-refractivity contribution in [3.8, 4) is 5.69 Å². The third-order valence-corrected chi connectivity index (χ3v) is 5.60. The molecule has 3 heterocycles. The first kappa shape index (κ1) is 22.0. The molecule has 174 valence electrons. The topological polar surface area (TPSA) is 90.8 Å². The Bertz CT molecular complexity index is 1510. The molecule has 0 bridgehead atoms. The van der Waals surface area contributed by atoms with Crippen molar-refractivity contribution in [1.82, 2.24) is 14.6 Å². The monoisotopic (exact) mass is 466 g/mol. The van der Waals surface area contributed by atoms with Crippen molar-refractivity contribution in [1.29, 1.82) is 0 Å². The number of benzene rings is 2. The fourth-order valence-corrected chi connectivity index (χ4v) is 3.87. The number of para-hydroxylation sites is 1. The molecule has 1 N–H and O–H groups in total. The van der Waals surface area contributed by atoms with Crippen molar-refractivity contribution < 1.29 is 18.7 Å². The maximum Gasteiger partial charge on any atom is 0.373 e. The lowest BCUT2D eigenvalue weighted by Gasteiger charge is -2.04. The maximum atomic E-state index is 12.5. The van der Waals surface area contributed by atoms with Crippen LogP contribution in [0.3, 0.4) is 0 Å². The second-order valence-electron chi connectivity index (χ2n) is 7.82. The van der Waals surface area contributed by atoms with E-state index in [0.29, 0.717) is 17.9 Å². The molecule has 0 radical (unpaired) electrons. The summed E-state index contributed by atoms with van der Waals surface area (Å²) in [6, 6.07) is 22.4. The first-order valence-corrected chi connectivity index (χ1v) is 10.9. The van der Waals surface area contributed by atoms with Crippen LogP contribution in [0.25, 0.3) is 16.6 Å². The van der Waals surface area contributed by atoms with Crippen LogP contribution in [-0.2, 0) is 11.3 Å². The van der Waals surface area contributed by atoms with Gasteiger partial charge < -0.3 is 18.3 Å². The molecule has 8 nitrogen and oxygen atoms in total. The Balaban J connectivity index is 1.31. The number of carbonyl (C=O) groups excluding carboxylic acids is 2. The zero-order valence-corrected chi connectivity index (χ0v) is 18.9. The Morgan fingerprint density at radius 1 is 1.00 bits per heavy atom. The molecule has 3 aromatic heterocycles. The molecule has 5 rings (SSSR count). The van der Waals surface area contributed by atoms with Crippen LogP contribution in [0.1, 0.15) is 32.2 Å². The zero-order valence-electron chi connectivity index (χ0n) is 18.9. The number of amides is 1. The van der Waals surface area contributed by atoms with Gasteiger partial charge in [0.15, 0.2) is 0 Å². The van der Waals surface area contributed by atoms with E-state index in [0.717, 1.165) is 22.2 Å². The van der Waals surface area contributed by atoms with Crippen LogP contribution in [0.15, 0.2) is 101 Å². The van der Waals surface area contributed by atoms with E-state index in [9.17, 15) is 9.59 Å². The Kier molecular flexibility index (Phi) is 6.00. The van der Waals surface area contributed by atoms with E-state index in [-0.39, 0.29) is 11.7 Å². The highest BCUT2D eigenvalue weighted by Crippen LogP contribution is 2.22. The minimum atomic E-state index is -0.517. The Morgan fingerprint density at radius 2 is 1.77 bits per heavy atom. The van der Waals surface area contributed by atoms with Gasteiger partial charge in [0.1, 0.15) is 5.76 Å². The molecule has 1 amide bonds. The van der Waals surface area contributed by atoms with Gasteiger partial charge in [-0.05, 0) is 54.6 Å². The fraction of sp³-hybridized carbons (Fsp3) is 0.0741. The van der Waals surface area contributed by atoms with E-state index in [4.69, 9.17) is 9.15 Å². The van der Waals surface area contributed by atoms with Gasteiger partial charge in [0.05, 0.1) is 19.9 Å². The van der Waals surface area contributed by atoms with Gasteiger partial charge in [-0.1, -0.05) is 18.2 Å². The number of nitrogens with zero attached hydrogens (tertiary/aromatic N) is 3. The van der Waals surface area contributed by atoms with Gasteiger partial charge in [-0.3, -0.25) is 4.79 Å². The van der Waals surface area contributed by atoms with E-state index >= 15 is 0 Å². The molecule has 2 aromatic carbocycles. The van der Waals surface area contributed by atoms with Crippen LogP contribution in [0.2, 0.25) is 0 Å². The first-order chi connectivity index (χ1) is 17.1. The zero-order chi connectivity index (χ0) is 24.2. The number of carbonyl (C=O) groups is 2. The van der Waals surface area contributed by atoms with Crippen LogP contribution in [0, 0.1) is 0 Å². The number of rotatable bonds is 7. The largest absolute Gasteiger partial charge is 0.463 e. The average molecular weight is 466 g/mol. The summed E-state index contributed by atoms with van der Waals surface area (Å²) in [5.41, 5.74) is 5.88. The number of nitrogens with one attached hydrogen (secondary N) is 1. The summed E-state index contributed by atoms with van der Waals surface area (Å²) in [5.74, 6) is -0.0392. The number of ether oxygens (including phenoxy) is 1. The summed E-state index contributed by atoms with van der Waals surface area (Å²) in [7, 11) is 1.31. The van der Waals surface area contributed by atoms with Crippen LogP contribution in [0.4, 0.5) is 0 Å². The number of hydrazone groups is 1. The molecular weight excluding hydrogens is 444 g/mol. The number of methoxy groups -OCH3 is 1. The van der Waals surface area contributed by atoms with Crippen LogP contribution >= 0.6 is 0 Å². The minimum absolute atomic E-state index is 0.157. The molecule has 5 aromatic rings. The number of hydrogen-bond donors (Lipinski definition) is 1. The highest BCUT2D eigenvalue weighted by Gasteiger charge is 2.13. The molecule has 0 aliphatic carbocycles. The lowest BCUT2D eigenvalue weighted by molar-refractivity contribution is 0.0562. The molecule has 0 aliphatic rings. The third-order valence-electron chi connectivity index (χ3n) is 5.60. The number of fused-ring (bicyclic) bond motifs is 1. The third kappa shape index (κ3) is 4.63. The van der Waals surface area contributed by atoms with Gasteiger partial charge in [0.25, 0.3) is 5.91 Å². The van der Waals surface area contributed by atoms with Gasteiger partial charge in [0.2, 0.25) is 5.76 Å². The Morgan fingerprint density at radius 3 is 2.54 bits per heavy atom. The molecule has 0 atom stereocenters. The predicted molar refractivity (Wildman–Crippen MR) is 132 cm³/mol. The molecule has 0 aliphatic heterocycles. The van der Waals surface area contributed by atoms with E-state index in [1.807, 2.05) is 76.3 Å². The quantitative estimate of drug-likeness (QED) is 0.215. The fourth-order valence-electron chi connectivity index (χ4n) is 3.87. The molecule has 8 heteroatoms. The van der Waals surface area contributed by atoms with Crippen molar-refractivity contribution in [2.45, 2.75) is 6.54 Å². The number of aromatic nitrogens is 2. The van der Waals surface area contributed by atoms with Crippen LogP contribution in [0.5, 0.6) is 0 Å². The normalized spacial score (nSPS) is 11.2. The van der Waals surface area contributed by atoms with Gasteiger partial charge in [-0.2, -0.15) is 5.10 Å². The van der Waals surface area contributed by atoms with E-state index in [1.54, 1.807) is 30.5 Å². The van der Waals surface area contributed by atoms with Gasteiger partial charge >= 0.3 is 5.97 Å². The number of furan rings is 1. The Hall–Kier alpha value is -4.85. The summed E-state index contributed by atoms with van der Waals surface area (Å²) < 4.78 is 14.3. The van der Waals surface area contributed by atoms with Gasteiger partial charge in [0, 0.05) is 46.3 Å². The number of hydrogen-bond acceptors (Lipinski definition) is 5. The molecule has 0 saturated carbocycles. The summed E-state index contributed by atoms with van der Waals surface area (Å²) in [6.45, 7) is 0.422. The summed E-state index contributed by atoms with van der Waals surface area (Å²) in [6.07, 6.45) is 7.43. The van der Waals surface area contributed by atoms with Crippen molar-refractivity contribution in [2.75, 3.05) is 7.11 Å². The Labute approximate surface area is 201 Å². The highest BCUT2D eigenvalue weighted by atomic mass is 16.5. The highest BCUT2D eigenvalue weighted by molar-refractivity contribution is 6.00. The lowest BCUT2D eigenvalue weighted by Crippen LogP contribution is -2.17. The summed E-state index contributed by atoms with van der Waals surface area (Å²) in [4.78, 5) is 24.2. The van der Waals surface area contributed by atoms with Gasteiger partial charge in [-0.25, -0.2) is 10.2 Å². The molecule has 35 heavy (non-hydrogen) atoms. The van der Waals surface area contributed by atoms with Gasteiger partial charge in [-0.15, -0.1) is 0 Å². The van der Waals surface area contributed by atoms with Crippen molar-refractivity contribution in [2.24, 2.45) is 5.10 Å². The molecule has 0 spiro atoms. The summed E-state index contributed by atoms with van der Waals surface area (Å²) in [5, 5.41) is 5.14. The minimum Gasteiger partial charge on any atom is -0.463 e. The molecule has 0 saturated heterocycles. The second kappa shape index (κ2) is 9.56.